The molecule has 276 valence electrons. The zero-order valence-electron chi connectivity index (χ0n) is 28.7. The van der Waals surface area contributed by atoms with Gasteiger partial charge < -0.3 is 46.3 Å². The van der Waals surface area contributed by atoms with Crippen LogP contribution < -0.4 is 25.8 Å². The second kappa shape index (κ2) is 18.7. The topological polar surface area (TPSA) is 196 Å². The number of anilines is 1. The summed E-state index contributed by atoms with van der Waals surface area (Å²) in [4.78, 5) is 25.7. The van der Waals surface area contributed by atoms with Crippen molar-refractivity contribution >= 4 is 29.4 Å². The van der Waals surface area contributed by atoms with Crippen molar-refractivity contribution < 1.29 is 39.5 Å². The van der Waals surface area contributed by atoms with Crippen LogP contribution in [0.5, 0.6) is 11.5 Å². The van der Waals surface area contributed by atoms with E-state index < -0.39 is 24.1 Å². The molecule has 0 radical (unpaired) electrons. The predicted molar refractivity (Wildman–Crippen MR) is 197 cm³/mol. The smallest absolute Gasteiger partial charge is 0.335 e. The summed E-state index contributed by atoms with van der Waals surface area (Å²) in [5.41, 5.74) is 10.4. The van der Waals surface area contributed by atoms with E-state index >= 15 is 0 Å². The minimum atomic E-state index is -0.929. The number of halogens is 1. The molecule has 12 nitrogen and oxygen atoms in total. The number of ether oxygens (including phenoxy) is 2. The number of nitrogens with two attached hydrogens (primary N) is 1. The highest BCUT2D eigenvalue weighted by Gasteiger charge is 2.22. The van der Waals surface area contributed by atoms with Gasteiger partial charge in [-0.05, 0) is 96.8 Å². The number of hydrogen-bond acceptors (Lipinski definition) is 10. The molecule has 2 aliphatic rings. The molecular formula is C39H45ClN4O8. The van der Waals surface area contributed by atoms with Gasteiger partial charge >= 0.3 is 11.9 Å². The first-order valence-corrected chi connectivity index (χ1v) is 17.7. The largest absolute Gasteiger partial charge is 0.489 e. The number of carboxylic acids is 2. The summed E-state index contributed by atoms with van der Waals surface area (Å²) in [6, 6.07) is 21.4. The van der Waals surface area contributed by atoms with Crippen LogP contribution in [0.1, 0.15) is 69.6 Å². The third-order valence-corrected chi connectivity index (χ3v) is 9.20. The van der Waals surface area contributed by atoms with Crippen molar-refractivity contribution in [1.29, 1.82) is 0 Å². The van der Waals surface area contributed by atoms with E-state index in [0.717, 1.165) is 65.0 Å². The van der Waals surface area contributed by atoms with Gasteiger partial charge in [0.05, 0.1) is 17.8 Å². The summed E-state index contributed by atoms with van der Waals surface area (Å²) in [5.74, 6) is 0.307. The highest BCUT2D eigenvalue weighted by Crippen LogP contribution is 2.30. The van der Waals surface area contributed by atoms with Crippen LogP contribution in [0.15, 0.2) is 79.0 Å². The molecule has 13 heteroatoms. The monoisotopic (exact) mass is 732 g/mol. The molecule has 4 atom stereocenters. The van der Waals surface area contributed by atoms with E-state index in [4.69, 9.17) is 37.0 Å². The molecule has 0 spiro atoms. The summed E-state index contributed by atoms with van der Waals surface area (Å²) in [5, 5.41) is 45.3. The number of nitrogens with one attached hydrogen (secondary N) is 2. The first-order chi connectivity index (χ1) is 25.0. The van der Waals surface area contributed by atoms with E-state index in [9.17, 15) is 19.8 Å². The predicted octanol–water partition coefficient (Wildman–Crippen LogP) is 4.75. The summed E-state index contributed by atoms with van der Waals surface area (Å²) in [6.45, 7) is 2.06. The summed E-state index contributed by atoms with van der Waals surface area (Å²) in [7, 11) is 0. The number of aliphatic carboxylic acids is 1. The second-order valence-corrected chi connectivity index (χ2v) is 13.4. The fraction of sp³-hybridized carbons (Fsp3) is 0.359. The van der Waals surface area contributed by atoms with Gasteiger partial charge in [-0.25, -0.2) is 9.78 Å². The number of aryl methyl sites for hydroxylation is 3. The molecule has 8 N–H and O–H groups in total. The summed E-state index contributed by atoms with van der Waals surface area (Å²) >= 11 is 5.93. The van der Waals surface area contributed by atoms with Crippen molar-refractivity contribution in [1.82, 2.24) is 15.6 Å². The van der Waals surface area contributed by atoms with E-state index in [2.05, 4.69) is 15.6 Å². The average molecular weight is 733 g/mol. The maximum Gasteiger partial charge on any atom is 0.335 e. The Kier molecular flexibility index (Phi) is 13.8. The summed E-state index contributed by atoms with van der Waals surface area (Å²) < 4.78 is 11.9. The zero-order valence-corrected chi connectivity index (χ0v) is 29.5. The van der Waals surface area contributed by atoms with Gasteiger partial charge in [0.25, 0.3) is 0 Å². The van der Waals surface area contributed by atoms with Crippen LogP contribution in [-0.2, 0) is 24.1 Å². The van der Waals surface area contributed by atoms with Gasteiger partial charge in [-0.2, -0.15) is 0 Å². The van der Waals surface area contributed by atoms with Gasteiger partial charge in [0, 0.05) is 49.4 Å². The highest BCUT2D eigenvalue weighted by atomic mass is 35.5. The van der Waals surface area contributed by atoms with Crippen molar-refractivity contribution in [3.63, 3.8) is 0 Å². The number of rotatable bonds is 14. The lowest BCUT2D eigenvalue weighted by atomic mass is 9.98. The van der Waals surface area contributed by atoms with Gasteiger partial charge in [-0.3, -0.25) is 4.79 Å². The third kappa shape index (κ3) is 11.4. The molecule has 6 rings (SSSR count). The zero-order chi connectivity index (χ0) is 37.0. The summed E-state index contributed by atoms with van der Waals surface area (Å²) in [6.07, 6.45) is 4.36. The molecule has 52 heavy (non-hydrogen) atoms. The number of aromatic nitrogens is 1. The van der Waals surface area contributed by atoms with Gasteiger partial charge in [0.15, 0.2) is 0 Å². The number of carboxylic acid groups (broad SMARTS) is 2. The molecule has 0 saturated heterocycles. The molecule has 0 bridgehead atoms. The fourth-order valence-corrected chi connectivity index (χ4v) is 6.29. The Labute approximate surface area is 307 Å². The van der Waals surface area contributed by atoms with Crippen LogP contribution in [0.3, 0.4) is 0 Å². The van der Waals surface area contributed by atoms with Crippen LogP contribution in [0.2, 0.25) is 5.02 Å². The number of aromatic carboxylic acids is 1. The molecule has 0 aliphatic carbocycles. The molecule has 3 heterocycles. The Bertz CT molecular complexity index is 1810. The number of aliphatic hydroxyl groups excluding tert-OH is 2. The second-order valence-electron chi connectivity index (χ2n) is 12.9. The van der Waals surface area contributed by atoms with Crippen LogP contribution in [-0.4, -0.2) is 75.7 Å². The number of hydrogen-bond donors (Lipinski definition) is 7. The molecule has 3 aromatic carbocycles. The number of benzene rings is 3. The van der Waals surface area contributed by atoms with Gasteiger partial charge in [0.1, 0.15) is 29.5 Å². The van der Waals surface area contributed by atoms with Crippen LogP contribution in [0, 0.1) is 0 Å². The van der Waals surface area contributed by atoms with Crippen molar-refractivity contribution in [2.24, 2.45) is 0 Å². The molecular weight excluding hydrogens is 688 g/mol. The van der Waals surface area contributed by atoms with Crippen LogP contribution >= 0.6 is 11.6 Å². The highest BCUT2D eigenvalue weighted by molar-refractivity contribution is 6.30. The van der Waals surface area contributed by atoms with Crippen molar-refractivity contribution in [3.8, 4) is 11.5 Å². The number of aliphatic hydroxyl groups is 2. The Morgan fingerprint density at radius 3 is 2.06 bits per heavy atom. The van der Waals surface area contributed by atoms with Crippen molar-refractivity contribution in [3.05, 3.63) is 117 Å². The number of fused-ring (bicyclic) bond motifs is 2. The molecule has 2 aliphatic heterocycles. The van der Waals surface area contributed by atoms with E-state index in [-0.39, 0.29) is 24.2 Å². The number of carbonyl (C=O) groups is 2. The van der Waals surface area contributed by atoms with E-state index in [1.807, 2.05) is 30.3 Å². The molecule has 0 saturated carbocycles. The fourth-order valence-electron chi connectivity index (χ4n) is 6.10. The standard InChI is InChI=1S/C20H25N3O4.C19H20ClNO4/c21-19-7-4-15(10-23-19)17(24)12-22-11-16-5-3-14-9-13(2-8-20(25)26)1-6-18(14)27-16;20-15-3-1-2-12(9-15)17(22)11-21-10-16-6-4-13-8-14(19(23)24)5-7-18(13)25-16/h1,4,6-7,9-10,16-17,22,24H,2-3,5,8,11-12H2,(H2,21,23)(H,25,26);1-3,5,7-9,16-17,21-22H,4,6,10-11H2,(H,23,24). The lowest BCUT2D eigenvalue weighted by molar-refractivity contribution is -0.136. The van der Waals surface area contributed by atoms with Gasteiger partial charge in [-0.1, -0.05) is 41.9 Å². The first-order valence-electron chi connectivity index (χ1n) is 17.3. The van der Waals surface area contributed by atoms with Crippen molar-refractivity contribution in [2.45, 2.75) is 62.9 Å². The number of nitrogens with zero attached hydrogens (tertiary/aromatic N) is 1. The maximum absolute atomic E-state index is 11.0. The van der Waals surface area contributed by atoms with E-state index in [1.165, 1.54) is 0 Å². The SMILES string of the molecule is Nc1ccc(C(O)CNCC2CCc3cc(CCC(=O)O)ccc3O2)cn1.O=C(O)c1ccc2c(c1)CCC(CNCC(O)c1cccc(Cl)c1)O2. The lowest BCUT2D eigenvalue weighted by Gasteiger charge is -2.27. The van der Waals surface area contributed by atoms with E-state index in [1.54, 1.807) is 48.7 Å². The maximum atomic E-state index is 11.0. The normalized spacial score (nSPS) is 17.2. The average Bonchev–Trinajstić information content (AvgIpc) is 3.14. The van der Waals surface area contributed by atoms with Crippen LogP contribution in [0.25, 0.3) is 0 Å². The Morgan fingerprint density at radius 2 is 1.46 bits per heavy atom. The number of pyridine rings is 1. The quantitative estimate of drug-likeness (QED) is 0.0941. The van der Waals surface area contributed by atoms with Gasteiger partial charge in [0.2, 0.25) is 0 Å². The van der Waals surface area contributed by atoms with Crippen LogP contribution in [0.4, 0.5) is 5.82 Å². The van der Waals surface area contributed by atoms with E-state index in [0.29, 0.717) is 43.4 Å². The Hall–Kier alpha value is -4.72. The molecule has 1 aromatic heterocycles. The lowest BCUT2D eigenvalue weighted by Crippen LogP contribution is -2.36. The third-order valence-electron chi connectivity index (χ3n) is 8.97. The molecule has 4 unspecified atom stereocenters. The first kappa shape index (κ1) is 38.5. The molecule has 0 amide bonds. The molecule has 4 aromatic rings. The molecule has 0 fully saturated rings. The minimum Gasteiger partial charge on any atom is -0.489 e. The number of nitrogen functional groups attached to an aromatic ring is 1. The Morgan fingerprint density at radius 1 is 0.827 bits per heavy atom. The van der Waals surface area contributed by atoms with Gasteiger partial charge in [-0.15, -0.1) is 0 Å². The Balaban J connectivity index is 0.000000202. The van der Waals surface area contributed by atoms with Crippen molar-refractivity contribution in [2.75, 3.05) is 31.9 Å². The minimum absolute atomic E-state index is 0.00487.